The highest BCUT2D eigenvalue weighted by atomic mass is 16.5. The van der Waals surface area contributed by atoms with E-state index in [1.807, 2.05) is 30.5 Å². The van der Waals surface area contributed by atoms with Crippen LogP contribution >= 0.6 is 0 Å². The summed E-state index contributed by atoms with van der Waals surface area (Å²) < 4.78 is 5.77. The second-order valence-electron chi connectivity index (χ2n) is 8.76. The molecule has 4 heteroatoms. The standard InChI is InChI=1S/C28H42N2O2/c1-3-5-7-9-11-13-15-21-27(31)32-26-20-17-16-19-25(26)28-24(22-29-23-30-28)18-14-12-10-8-6-4-2/h16-17,19-20,22-23H,3-15,18,21H2,1-2H3. The Labute approximate surface area is 195 Å². The van der Waals surface area contributed by atoms with Gasteiger partial charge in [0.25, 0.3) is 0 Å². The van der Waals surface area contributed by atoms with Gasteiger partial charge in [-0.1, -0.05) is 96.6 Å². The van der Waals surface area contributed by atoms with E-state index in [2.05, 4.69) is 23.8 Å². The maximum atomic E-state index is 12.5. The van der Waals surface area contributed by atoms with Crippen LogP contribution in [0.15, 0.2) is 36.8 Å². The number of unbranched alkanes of at least 4 members (excludes halogenated alkanes) is 11. The lowest BCUT2D eigenvalue weighted by Gasteiger charge is -2.13. The first kappa shape index (κ1) is 26.0. The predicted molar refractivity (Wildman–Crippen MR) is 133 cm³/mol. The van der Waals surface area contributed by atoms with Crippen molar-refractivity contribution in [2.45, 2.75) is 110 Å². The molecule has 0 atom stereocenters. The van der Waals surface area contributed by atoms with Crippen molar-refractivity contribution in [3.05, 3.63) is 42.4 Å². The van der Waals surface area contributed by atoms with Crippen LogP contribution in [0, 0.1) is 0 Å². The number of aromatic nitrogens is 2. The molecule has 0 saturated carbocycles. The zero-order chi connectivity index (χ0) is 22.9. The van der Waals surface area contributed by atoms with Crippen molar-refractivity contribution in [3.8, 4) is 17.0 Å². The van der Waals surface area contributed by atoms with Gasteiger partial charge in [-0.15, -0.1) is 0 Å². The molecular formula is C28H42N2O2. The van der Waals surface area contributed by atoms with Crippen molar-refractivity contribution in [2.24, 2.45) is 0 Å². The van der Waals surface area contributed by atoms with E-state index in [0.717, 1.165) is 42.5 Å². The molecule has 0 spiro atoms. The first-order chi connectivity index (χ1) is 15.8. The summed E-state index contributed by atoms with van der Waals surface area (Å²) in [4.78, 5) is 21.3. The minimum absolute atomic E-state index is 0.155. The fraction of sp³-hybridized carbons (Fsp3) is 0.607. The normalized spacial score (nSPS) is 10.9. The molecule has 0 N–H and O–H groups in total. The van der Waals surface area contributed by atoms with Crippen LogP contribution in [0.5, 0.6) is 5.75 Å². The fourth-order valence-corrected chi connectivity index (χ4v) is 4.03. The molecule has 0 unspecified atom stereocenters. The maximum Gasteiger partial charge on any atom is 0.311 e. The molecule has 176 valence electrons. The van der Waals surface area contributed by atoms with Gasteiger partial charge < -0.3 is 4.74 Å². The fourth-order valence-electron chi connectivity index (χ4n) is 4.03. The van der Waals surface area contributed by atoms with Crippen molar-refractivity contribution in [1.29, 1.82) is 0 Å². The molecule has 2 rings (SSSR count). The first-order valence-corrected chi connectivity index (χ1v) is 12.8. The van der Waals surface area contributed by atoms with E-state index in [1.165, 1.54) is 64.2 Å². The molecule has 0 fully saturated rings. The number of aryl methyl sites for hydroxylation is 1. The monoisotopic (exact) mass is 438 g/mol. The number of carbonyl (C=O) groups is 1. The van der Waals surface area contributed by atoms with E-state index >= 15 is 0 Å². The van der Waals surface area contributed by atoms with Gasteiger partial charge in [-0.3, -0.25) is 4.79 Å². The quantitative estimate of drug-likeness (QED) is 0.142. The van der Waals surface area contributed by atoms with Crippen molar-refractivity contribution < 1.29 is 9.53 Å². The summed E-state index contributed by atoms with van der Waals surface area (Å²) in [5.74, 6) is 0.445. The van der Waals surface area contributed by atoms with Crippen LogP contribution in [-0.2, 0) is 11.2 Å². The highest BCUT2D eigenvalue weighted by Crippen LogP contribution is 2.31. The van der Waals surface area contributed by atoms with E-state index in [1.54, 1.807) is 6.33 Å². The third kappa shape index (κ3) is 9.93. The summed E-state index contributed by atoms with van der Waals surface area (Å²) in [5, 5.41) is 0. The molecule has 4 nitrogen and oxygen atoms in total. The number of hydrogen-bond acceptors (Lipinski definition) is 4. The molecule has 1 aromatic carbocycles. The summed E-state index contributed by atoms with van der Waals surface area (Å²) >= 11 is 0. The van der Waals surface area contributed by atoms with Crippen molar-refractivity contribution in [1.82, 2.24) is 9.97 Å². The average Bonchev–Trinajstić information content (AvgIpc) is 2.81. The summed E-state index contributed by atoms with van der Waals surface area (Å²) in [5.41, 5.74) is 2.88. The van der Waals surface area contributed by atoms with E-state index < -0.39 is 0 Å². The van der Waals surface area contributed by atoms with Crippen LogP contribution in [0.25, 0.3) is 11.3 Å². The number of hydrogen-bond donors (Lipinski definition) is 0. The Morgan fingerprint density at radius 3 is 2.16 bits per heavy atom. The number of esters is 1. The molecule has 0 aliphatic rings. The van der Waals surface area contributed by atoms with Gasteiger partial charge in [-0.05, 0) is 37.0 Å². The van der Waals surface area contributed by atoms with Crippen LogP contribution < -0.4 is 4.74 Å². The van der Waals surface area contributed by atoms with Crippen LogP contribution in [-0.4, -0.2) is 15.9 Å². The molecule has 1 heterocycles. The highest BCUT2D eigenvalue weighted by Gasteiger charge is 2.14. The van der Waals surface area contributed by atoms with Gasteiger partial charge in [-0.25, -0.2) is 9.97 Å². The number of ether oxygens (including phenoxy) is 1. The lowest BCUT2D eigenvalue weighted by atomic mass is 10.0. The number of rotatable bonds is 17. The smallest absolute Gasteiger partial charge is 0.311 e. The molecule has 0 amide bonds. The van der Waals surface area contributed by atoms with Gasteiger partial charge in [0, 0.05) is 18.2 Å². The largest absolute Gasteiger partial charge is 0.426 e. The van der Waals surface area contributed by atoms with E-state index in [0.29, 0.717) is 12.2 Å². The molecule has 0 radical (unpaired) electrons. The second kappa shape index (κ2) is 16.4. The average molecular weight is 439 g/mol. The molecular weight excluding hydrogens is 396 g/mol. The van der Waals surface area contributed by atoms with E-state index in [4.69, 9.17) is 4.74 Å². The Bertz CT molecular complexity index is 776. The Balaban J connectivity index is 1.90. The lowest BCUT2D eigenvalue weighted by Crippen LogP contribution is -2.09. The number of nitrogens with zero attached hydrogens (tertiary/aromatic N) is 2. The van der Waals surface area contributed by atoms with Crippen molar-refractivity contribution in [3.63, 3.8) is 0 Å². The number of benzene rings is 1. The molecule has 32 heavy (non-hydrogen) atoms. The molecule has 0 aliphatic carbocycles. The lowest BCUT2D eigenvalue weighted by molar-refractivity contribution is -0.134. The molecule has 0 aliphatic heterocycles. The van der Waals surface area contributed by atoms with Crippen molar-refractivity contribution in [2.75, 3.05) is 0 Å². The Kier molecular flexibility index (Phi) is 13.3. The van der Waals surface area contributed by atoms with Gasteiger partial charge in [0.05, 0.1) is 5.69 Å². The molecule has 0 bridgehead atoms. The SMILES string of the molecule is CCCCCCCCCC(=O)Oc1ccccc1-c1ncncc1CCCCCCCC. The Hall–Kier alpha value is -2.23. The van der Waals surface area contributed by atoms with E-state index in [9.17, 15) is 4.79 Å². The Morgan fingerprint density at radius 1 is 0.812 bits per heavy atom. The summed E-state index contributed by atoms with van der Waals surface area (Å²) in [6.07, 6.45) is 20.8. The minimum Gasteiger partial charge on any atom is -0.426 e. The van der Waals surface area contributed by atoms with Crippen LogP contribution in [0.4, 0.5) is 0 Å². The van der Waals surface area contributed by atoms with Gasteiger partial charge in [0.1, 0.15) is 12.1 Å². The summed E-state index contributed by atoms with van der Waals surface area (Å²) in [7, 11) is 0. The maximum absolute atomic E-state index is 12.5. The van der Waals surface area contributed by atoms with Crippen molar-refractivity contribution >= 4 is 5.97 Å². The zero-order valence-corrected chi connectivity index (χ0v) is 20.3. The summed E-state index contributed by atoms with van der Waals surface area (Å²) in [6, 6.07) is 7.74. The third-order valence-corrected chi connectivity index (χ3v) is 5.94. The van der Waals surface area contributed by atoms with Gasteiger partial charge in [0.2, 0.25) is 0 Å². The molecule has 0 saturated heterocycles. The minimum atomic E-state index is -0.155. The van der Waals surface area contributed by atoms with Crippen LogP contribution in [0.2, 0.25) is 0 Å². The molecule has 2 aromatic rings. The topological polar surface area (TPSA) is 52.1 Å². The predicted octanol–water partition coefficient (Wildman–Crippen LogP) is 8.09. The number of para-hydroxylation sites is 1. The number of carbonyl (C=O) groups excluding carboxylic acids is 1. The summed E-state index contributed by atoms with van der Waals surface area (Å²) in [6.45, 7) is 4.47. The highest BCUT2D eigenvalue weighted by molar-refractivity contribution is 5.77. The first-order valence-electron chi connectivity index (χ1n) is 12.8. The van der Waals surface area contributed by atoms with Crippen LogP contribution in [0.3, 0.4) is 0 Å². The zero-order valence-electron chi connectivity index (χ0n) is 20.3. The third-order valence-electron chi connectivity index (χ3n) is 5.94. The Morgan fingerprint density at radius 2 is 1.44 bits per heavy atom. The molecule has 1 aromatic heterocycles. The van der Waals surface area contributed by atoms with E-state index in [-0.39, 0.29) is 5.97 Å². The van der Waals surface area contributed by atoms with Gasteiger partial charge >= 0.3 is 5.97 Å². The van der Waals surface area contributed by atoms with Gasteiger partial charge in [0.15, 0.2) is 0 Å². The second-order valence-corrected chi connectivity index (χ2v) is 8.76. The van der Waals surface area contributed by atoms with Crippen LogP contribution in [0.1, 0.15) is 109 Å². The van der Waals surface area contributed by atoms with Gasteiger partial charge in [-0.2, -0.15) is 0 Å².